The van der Waals surface area contributed by atoms with Gasteiger partial charge in [-0.15, -0.1) is 12.4 Å². The van der Waals surface area contributed by atoms with E-state index in [0.29, 0.717) is 17.9 Å². The summed E-state index contributed by atoms with van der Waals surface area (Å²) in [5, 5.41) is 7.64. The maximum absolute atomic E-state index is 12.8. The number of carbonyl (C=O) groups excluding carboxylic acids is 1. The van der Waals surface area contributed by atoms with Crippen LogP contribution in [0.1, 0.15) is 44.3 Å². The van der Waals surface area contributed by atoms with Crippen molar-refractivity contribution < 1.29 is 4.79 Å². The molecular weight excluding hydrogens is 314 g/mol. The van der Waals surface area contributed by atoms with Gasteiger partial charge in [-0.05, 0) is 57.0 Å². The Balaban J connectivity index is 0.00000156. The summed E-state index contributed by atoms with van der Waals surface area (Å²) in [6.45, 7) is 4.50. The van der Waals surface area contributed by atoms with Gasteiger partial charge in [-0.2, -0.15) is 5.10 Å². The Kier molecular flexibility index (Phi) is 4.92. The van der Waals surface area contributed by atoms with Crippen molar-refractivity contribution in [1.82, 2.24) is 25.0 Å². The summed E-state index contributed by atoms with van der Waals surface area (Å²) in [6, 6.07) is 0. The fourth-order valence-corrected chi connectivity index (χ4v) is 4.44. The van der Waals surface area contributed by atoms with Gasteiger partial charge < -0.3 is 10.2 Å². The molecule has 6 nitrogen and oxygen atoms in total. The number of halogens is 1. The summed E-state index contributed by atoms with van der Waals surface area (Å²) < 4.78 is 1.91. The van der Waals surface area contributed by atoms with Crippen LogP contribution in [0.15, 0.2) is 6.33 Å². The van der Waals surface area contributed by atoms with E-state index in [1.165, 1.54) is 25.7 Å². The summed E-state index contributed by atoms with van der Waals surface area (Å²) in [4.78, 5) is 19.1. The van der Waals surface area contributed by atoms with Gasteiger partial charge in [0.1, 0.15) is 12.2 Å². The molecule has 1 aromatic heterocycles. The molecule has 1 spiro atoms. The van der Waals surface area contributed by atoms with E-state index in [9.17, 15) is 4.79 Å². The average molecular weight is 340 g/mol. The summed E-state index contributed by atoms with van der Waals surface area (Å²) in [5.41, 5.74) is 0.532. The maximum atomic E-state index is 12.8. The van der Waals surface area contributed by atoms with Gasteiger partial charge in [0, 0.05) is 12.5 Å². The highest BCUT2D eigenvalue weighted by atomic mass is 35.5. The van der Waals surface area contributed by atoms with Gasteiger partial charge in [0.25, 0.3) is 0 Å². The molecule has 23 heavy (non-hydrogen) atoms. The van der Waals surface area contributed by atoms with Gasteiger partial charge in [-0.1, -0.05) is 0 Å². The molecule has 1 saturated heterocycles. The van der Waals surface area contributed by atoms with Crippen LogP contribution in [0, 0.1) is 11.3 Å². The predicted octanol–water partition coefficient (Wildman–Crippen LogP) is 1.60. The van der Waals surface area contributed by atoms with Gasteiger partial charge in [0.15, 0.2) is 0 Å². The zero-order valence-electron chi connectivity index (χ0n) is 13.5. The van der Waals surface area contributed by atoms with E-state index in [1.54, 1.807) is 6.33 Å². The standard InChI is InChI=1S/C16H25N5O.ClH/c22-15(20-9-10-21-14(11-20)18-12-19-21)13-1-3-16(4-2-13)5-7-17-8-6-16;/h12-13,17H,1-11H2;1H. The highest BCUT2D eigenvalue weighted by Crippen LogP contribution is 2.45. The van der Waals surface area contributed by atoms with Crippen LogP contribution < -0.4 is 5.32 Å². The molecule has 3 heterocycles. The molecule has 2 fully saturated rings. The van der Waals surface area contributed by atoms with Gasteiger partial charge in [0.2, 0.25) is 5.91 Å². The molecule has 0 unspecified atom stereocenters. The Morgan fingerprint density at radius 3 is 2.65 bits per heavy atom. The lowest BCUT2D eigenvalue weighted by atomic mass is 9.65. The molecule has 128 valence electrons. The van der Waals surface area contributed by atoms with Gasteiger partial charge in [0.05, 0.1) is 13.1 Å². The molecule has 0 aromatic carbocycles. The quantitative estimate of drug-likeness (QED) is 0.844. The number of nitrogens with one attached hydrogen (secondary N) is 1. The normalized spacial score (nSPS) is 24.1. The highest BCUT2D eigenvalue weighted by molar-refractivity contribution is 5.85. The lowest BCUT2D eigenvalue weighted by Crippen LogP contribution is -2.45. The van der Waals surface area contributed by atoms with Gasteiger partial charge in [-0.3, -0.25) is 4.79 Å². The molecule has 4 rings (SSSR count). The summed E-state index contributed by atoms with van der Waals surface area (Å²) >= 11 is 0. The topological polar surface area (TPSA) is 63.1 Å². The predicted molar refractivity (Wildman–Crippen MR) is 89.2 cm³/mol. The fourth-order valence-electron chi connectivity index (χ4n) is 4.44. The molecule has 1 N–H and O–H groups in total. The largest absolute Gasteiger partial charge is 0.333 e. The third-order valence-corrected chi connectivity index (χ3v) is 5.98. The SMILES string of the molecule is Cl.O=C(C1CCC2(CCNCC2)CC1)N1CCn2ncnc2C1. The van der Waals surface area contributed by atoms with Crippen LogP contribution in [-0.2, 0) is 17.9 Å². The number of carbonyl (C=O) groups is 1. The number of amides is 1. The van der Waals surface area contributed by atoms with Crippen molar-refractivity contribution in [2.75, 3.05) is 19.6 Å². The first-order valence-electron chi connectivity index (χ1n) is 8.62. The summed E-state index contributed by atoms with van der Waals surface area (Å²) in [5.74, 6) is 1.50. The van der Waals surface area contributed by atoms with Crippen LogP contribution in [0.5, 0.6) is 0 Å². The van der Waals surface area contributed by atoms with Crippen LogP contribution >= 0.6 is 12.4 Å². The van der Waals surface area contributed by atoms with E-state index < -0.39 is 0 Å². The number of fused-ring (bicyclic) bond motifs is 1. The molecule has 1 aliphatic carbocycles. The first-order chi connectivity index (χ1) is 10.8. The van der Waals surface area contributed by atoms with Crippen LogP contribution in [0.3, 0.4) is 0 Å². The minimum Gasteiger partial charge on any atom is -0.333 e. The number of nitrogens with zero attached hydrogens (tertiary/aromatic N) is 4. The smallest absolute Gasteiger partial charge is 0.226 e. The van der Waals surface area contributed by atoms with Crippen molar-refractivity contribution in [2.45, 2.75) is 51.6 Å². The minimum atomic E-state index is 0. The van der Waals surface area contributed by atoms with Crippen molar-refractivity contribution in [2.24, 2.45) is 11.3 Å². The van der Waals surface area contributed by atoms with E-state index in [4.69, 9.17) is 0 Å². The van der Waals surface area contributed by atoms with Crippen LogP contribution in [0.2, 0.25) is 0 Å². The second kappa shape index (κ2) is 6.77. The highest BCUT2D eigenvalue weighted by Gasteiger charge is 2.39. The van der Waals surface area contributed by atoms with Gasteiger partial charge in [-0.25, -0.2) is 9.67 Å². The van der Waals surface area contributed by atoms with Crippen molar-refractivity contribution >= 4 is 18.3 Å². The number of hydrogen-bond acceptors (Lipinski definition) is 4. The molecule has 2 aliphatic heterocycles. The number of piperidine rings is 1. The molecule has 1 saturated carbocycles. The van der Waals surface area contributed by atoms with Crippen LogP contribution in [0.25, 0.3) is 0 Å². The minimum absolute atomic E-state index is 0. The van der Waals surface area contributed by atoms with E-state index in [0.717, 1.165) is 44.8 Å². The molecule has 1 aromatic rings. The molecule has 7 heteroatoms. The zero-order valence-corrected chi connectivity index (χ0v) is 14.4. The number of hydrogen-bond donors (Lipinski definition) is 1. The van der Waals surface area contributed by atoms with Crippen LogP contribution in [-0.4, -0.2) is 45.2 Å². The molecule has 0 bridgehead atoms. The number of rotatable bonds is 1. The zero-order chi connectivity index (χ0) is 15.0. The lowest BCUT2D eigenvalue weighted by molar-refractivity contribution is -0.139. The molecule has 1 amide bonds. The molecule has 0 atom stereocenters. The molecule has 0 radical (unpaired) electrons. The van der Waals surface area contributed by atoms with E-state index in [1.807, 2.05) is 9.58 Å². The van der Waals surface area contributed by atoms with Crippen molar-refractivity contribution in [3.8, 4) is 0 Å². The second-order valence-corrected chi connectivity index (χ2v) is 7.18. The lowest BCUT2D eigenvalue weighted by Gasteiger charge is -2.43. The first-order valence-corrected chi connectivity index (χ1v) is 8.62. The van der Waals surface area contributed by atoms with E-state index >= 15 is 0 Å². The van der Waals surface area contributed by atoms with Crippen LogP contribution in [0.4, 0.5) is 0 Å². The van der Waals surface area contributed by atoms with Crippen molar-refractivity contribution in [3.63, 3.8) is 0 Å². The summed E-state index contributed by atoms with van der Waals surface area (Å²) in [6.07, 6.45) is 8.78. The van der Waals surface area contributed by atoms with Gasteiger partial charge >= 0.3 is 0 Å². The summed E-state index contributed by atoms with van der Waals surface area (Å²) in [7, 11) is 0. The fraction of sp³-hybridized carbons (Fsp3) is 0.812. The first kappa shape index (κ1) is 16.7. The maximum Gasteiger partial charge on any atom is 0.226 e. The van der Waals surface area contributed by atoms with E-state index in [-0.39, 0.29) is 18.3 Å². The third-order valence-electron chi connectivity index (χ3n) is 5.98. The Morgan fingerprint density at radius 1 is 1.17 bits per heavy atom. The second-order valence-electron chi connectivity index (χ2n) is 7.18. The molecular formula is C16H26ClN5O. The Labute approximate surface area is 143 Å². The average Bonchev–Trinajstić information content (AvgIpc) is 3.03. The van der Waals surface area contributed by atoms with Crippen molar-refractivity contribution in [3.05, 3.63) is 12.2 Å². The Morgan fingerprint density at radius 2 is 1.91 bits per heavy atom. The monoisotopic (exact) mass is 339 g/mol. The van der Waals surface area contributed by atoms with E-state index in [2.05, 4.69) is 15.4 Å². The third kappa shape index (κ3) is 3.24. The Hall–Kier alpha value is -1.14. The number of aromatic nitrogens is 3. The molecule has 3 aliphatic rings. The Bertz CT molecular complexity index is 544. The van der Waals surface area contributed by atoms with Crippen molar-refractivity contribution in [1.29, 1.82) is 0 Å².